The van der Waals surface area contributed by atoms with E-state index in [9.17, 15) is 0 Å². The molecule has 1 fully saturated rings. The Balaban J connectivity index is 1.90. The third-order valence-corrected chi connectivity index (χ3v) is 2.49. The van der Waals surface area contributed by atoms with Crippen LogP contribution >= 0.6 is 0 Å². The largest absolute Gasteiger partial charge is 0.370 e. The van der Waals surface area contributed by atoms with Crippen molar-refractivity contribution in [2.75, 3.05) is 30.3 Å². The summed E-state index contributed by atoms with van der Waals surface area (Å²) in [7, 11) is 0. The number of anilines is 2. The summed E-state index contributed by atoms with van der Waals surface area (Å²) in [5.74, 6) is 2.40. The zero-order valence-electron chi connectivity index (χ0n) is 9.83. The molecule has 2 rings (SSSR count). The second kappa shape index (κ2) is 5.12. The highest BCUT2D eigenvalue weighted by atomic mass is 15.1. The first-order valence-corrected chi connectivity index (χ1v) is 5.77. The first-order chi connectivity index (χ1) is 7.74. The standard InChI is InChI=1S/C11H19N5/c1-8(2)4-13-10-3-11(15-7-14-10)16-9-5-12-6-9/h3,7-9,12H,4-6H2,1-2H3,(H2,13,14,15,16). The van der Waals surface area contributed by atoms with E-state index in [0.717, 1.165) is 31.3 Å². The molecule has 0 aromatic carbocycles. The number of nitrogens with zero attached hydrogens (tertiary/aromatic N) is 2. The van der Waals surface area contributed by atoms with E-state index >= 15 is 0 Å². The number of hydrogen-bond donors (Lipinski definition) is 3. The maximum atomic E-state index is 4.20. The van der Waals surface area contributed by atoms with Crippen molar-refractivity contribution in [2.45, 2.75) is 19.9 Å². The summed E-state index contributed by atoms with van der Waals surface area (Å²) in [5.41, 5.74) is 0. The summed E-state index contributed by atoms with van der Waals surface area (Å²) in [6.45, 7) is 7.31. The number of nitrogens with one attached hydrogen (secondary N) is 3. The van der Waals surface area contributed by atoms with Gasteiger partial charge in [-0.2, -0.15) is 0 Å². The molecule has 1 aromatic rings. The molecule has 0 radical (unpaired) electrons. The average molecular weight is 221 g/mol. The molecule has 2 heterocycles. The van der Waals surface area contributed by atoms with Gasteiger partial charge < -0.3 is 16.0 Å². The van der Waals surface area contributed by atoms with E-state index in [1.807, 2.05) is 6.07 Å². The SMILES string of the molecule is CC(C)CNc1cc(NC2CNC2)ncn1. The van der Waals surface area contributed by atoms with Crippen LogP contribution in [0.1, 0.15) is 13.8 Å². The molecule has 1 saturated heterocycles. The Morgan fingerprint density at radius 1 is 1.38 bits per heavy atom. The van der Waals surface area contributed by atoms with Crippen molar-refractivity contribution in [3.05, 3.63) is 12.4 Å². The molecule has 1 aromatic heterocycles. The molecule has 88 valence electrons. The molecule has 1 aliphatic rings. The second-order valence-corrected chi connectivity index (χ2v) is 4.56. The van der Waals surface area contributed by atoms with Gasteiger partial charge in [0.1, 0.15) is 18.0 Å². The second-order valence-electron chi connectivity index (χ2n) is 4.56. The van der Waals surface area contributed by atoms with E-state index in [-0.39, 0.29) is 0 Å². The lowest BCUT2D eigenvalue weighted by atomic mass is 10.2. The van der Waals surface area contributed by atoms with Crippen molar-refractivity contribution in [1.82, 2.24) is 15.3 Å². The first kappa shape index (κ1) is 11.1. The lowest BCUT2D eigenvalue weighted by Crippen LogP contribution is -2.51. The van der Waals surface area contributed by atoms with Crippen molar-refractivity contribution in [3.8, 4) is 0 Å². The molecule has 5 heteroatoms. The van der Waals surface area contributed by atoms with Crippen molar-refractivity contribution in [1.29, 1.82) is 0 Å². The molecule has 1 aliphatic heterocycles. The summed E-state index contributed by atoms with van der Waals surface area (Å²) in [6.07, 6.45) is 1.59. The van der Waals surface area contributed by atoms with Gasteiger partial charge in [0.15, 0.2) is 0 Å². The minimum Gasteiger partial charge on any atom is -0.370 e. The molecule has 0 aliphatic carbocycles. The van der Waals surface area contributed by atoms with E-state index in [2.05, 4.69) is 39.8 Å². The first-order valence-electron chi connectivity index (χ1n) is 5.77. The molecular weight excluding hydrogens is 202 g/mol. The Morgan fingerprint density at radius 3 is 2.75 bits per heavy atom. The fourth-order valence-corrected chi connectivity index (χ4v) is 1.44. The van der Waals surface area contributed by atoms with Gasteiger partial charge in [-0.15, -0.1) is 0 Å². The Hall–Kier alpha value is -1.36. The van der Waals surface area contributed by atoms with E-state index in [1.165, 1.54) is 0 Å². The van der Waals surface area contributed by atoms with Crippen LogP contribution in [-0.2, 0) is 0 Å². The van der Waals surface area contributed by atoms with E-state index in [4.69, 9.17) is 0 Å². The minimum atomic E-state index is 0.507. The minimum absolute atomic E-state index is 0.507. The monoisotopic (exact) mass is 221 g/mol. The maximum absolute atomic E-state index is 4.20. The third-order valence-electron chi connectivity index (χ3n) is 2.49. The predicted molar refractivity (Wildman–Crippen MR) is 65.6 cm³/mol. The molecule has 0 unspecified atom stereocenters. The van der Waals surface area contributed by atoms with Gasteiger partial charge in [0.25, 0.3) is 0 Å². The van der Waals surface area contributed by atoms with Crippen molar-refractivity contribution < 1.29 is 0 Å². The Labute approximate surface area is 96.1 Å². The topological polar surface area (TPSA) is 61.9 Å². The third kappa shape index (κ3) is 3.06. The van der Waals surface area contributed by atoms with Crippen LogP contribution in [0.4, 0.5) is 11.6 Å². The van der Waals surface area contributed by atoms with Crippen LogP contribution in [0.3, 0.4) is 0 Å². The lowest BCUT2D eigenvalue weighted by Gasteiger charge is -2.28. The molecule has 0 spiro atoms. The molecule has 16 heavy (non-hydrogen) atoms. The van der Waals surface area contributed by atoms with E-state index in [0.29, 0.717) is 12.0 Å². The van der Waals surface area contributed by atoms with Crippen LogP contribution in [0.25, 0.3) is 0 Å². The zero-order chi connectivity index (χ0) is 11.4. The summed E-state index contributed by atoms with van der Waals surface area (Å²) >= 11 is 0. The molecular formula is C11H19N5. The molecule has 0 saturated carbocycles. The summed E-state index contributed by atoms with van der Waals surface area (Å²) in [4.78, 5) is 8.38. The Kier molecular flexibility index (Phi) is 3.56. The number of aromatic nitrogens is 2. The maximum Gasteiger partial charge on any atom is 0.131 e. The normalized spacial score (nSPS) is 15.9. The highest BCUT2D eigenvalue weighted by Crippen LogP contribution is 2.11. The van der Waals surface area contributed by atoms with Gasteiger partial charge in [-0.3, -0.25) is 0 Å². The van der Waals surface area contributed by atoms with Crippen LogP contribution in [0.2, 0.25) is 0 Å². The quantitative estimate of drug-likeness (QED) is 0.690. The fourth-order valence-electron chi connectivity index (χ4n) is 1.44. The summed E-state index contributed by atoms with van der Waals surface area (Å²) < 4.78 is 0. The summed E-state index contributed by atoms with van der Waals surface area (Å²) in [5, 5.41) is 9.85. The van der Waals surface area contributed by atoms with Crippen molar-refractivity contribution in [2.24, 2.45) is 5.92 Å². The molecule has 0 bridgehead atoms. The lowest BCUT2D eigenvalue weighted by molar-refractivity contribution is 0.471. The van der Waals surface area contributed by atoms with Crippen LogP contribution in [0, 0.1) is 5.92 Å². The van der Waals surface area contributed by atoms with Crippen molar-refractivity contribution >= 4 is 11.6 Å². The van der Waals surface area contributed by atoms with E-state index in [1.54, 1.807) is 6.33 Å². The molecule has 0 amide bonds. The van der Waals surface area contributed by atoms with Gasteiger partial charge in [0, 0.05) is 25.7 Å². The highest BCUT2D eigenvalue weighted by Gasteiger charge is 2.16. The van der Waals surface area contributed by atoms with Gasteiger partial charge >= 0.3 is 0 Å². The van der Waals surface area contributed by atoms with Crippen LogP contribution in [0.15, 0.2) is 12.4 Å². The van der Waals surface area contributed by atoms with Gasteiger partial charge in [-0.05, 0) is 5.92 Å². The molecule has 5 nitrogen and oxygen atoms in total. The smallest absolute Gasteiger partial charge is 0.131 e. The van der Waals surface area contributed by atoms with Gasteiger partial charge in [-0.25, -0.2) is 9.97 Å². The van der Waals surface area contributed by atoms with Crippen LogP contribution in [0.5, 0.6) is 0 Å². The van der Waals surface area contributed by atoms with Gasteiger partial charge in [-0.1, -0.05) is 13.8 Å². The number of hydrogen-bond acceptors (Lipinski definition) is 5. The molecule has 3 N–H and O–H groups in total. The van der Waals surface area contributed by atoms with Gasteiger partial charge in [0.05, 0.1) is 6.04 Å². The van der Waals surface area contributed by atoms with Crippen LogP contribution < -0.4 is 16.0 Å². The number of rotatable bonds is 5. The van der Waals surface area contributed by atoms with Crippen molar-refractivity contribution in [3.63, 3.8) is 0 Å². The average Bonchev–Trinajstić information content (AvgIpc) is 2.21. The zero-order valence-corrected chi connectivity index (χ0v) is 9.83. The van der Waals surface area contributed by atoms with Gasteiger partial charge in [0.2, 0.25) is 0 Å². The Morgan fingerprint density at radius 2 is 2.12 bits per heavy atom. The summed E-state index contributed by atoms with van der Waals surface area (Å²) in [6, 6.07) is 2.47. The van der Waals surface area contributed by atoms with Crippen LogP contribution in [-0.4, -0.2) is 35.6 Å². The predicted octanol–water partition coefficient (Wildman–Crippen LogP) is 0.928. The highest BCUT2D eigenvalue weighted by molar-refractivity contribution is 5.47. The van der Waals surface area contributed by atoms with E-state index < -0.39 is 0 Å². The Bertz CT molecular complexity index is 335. The fraction of sp³-hybridized carbons (Fsp3) is 0.636. The molecule has 0 atom stereocenters.